The van der Waals surface area contributed by atoms with Crippen LogP contribution >= 0.6 is 23.4 Å². The Morgan fingerprint density at radius 2 is 2.35 bits per heavy atom. The van der Waals surface area contributed by atoms with E-state index in [1.807, 2.05) is 13.2 Å². The second-order valence-electron chi connectivity index (χ2n) is 5.19. The van der Waals surface area contributed by atoms with E-state index in [0.717, 1.165) is 12.8 Å². The monoisotopic (exact) mass is 317 g/mol. The van der Waals surface area contributed by atoms with Crippen molar-refractivity contribution in [2.75, 3.05) is 18.2 Å². The highest BCUT2D eigenvalue weighted by Crippen LogP contribution is 2.30. The van der Waals surface area contributed by atoms with Gasteiger partial charge < -0.3 is 10.4 Å². The minimum absolute atomic E-state index is 0.00974. The number of rotatable bonds is 7. The van der Waals surface area contributed by atoms with E-state index in [9.17, 15) is 9.90 Å². The Kier molecular flexibility index (Phi) is 5.35. The smallest absolute Gasteiger partial charge is 0.291 e. The second-order valence-corrected chi connectivity index (χ2v) is 6.67. The van der Waals surface area contributed by atoms with E-state index in [-0.39, 0.29) is 23.5 Å². The SMILES string of the molecule is CSC(CO)C(C)Nc1c(Cl)cnn(CC2CC2)c1=O. The van der Waals surface area contributed by atoms with Gasteiger partial charge in [0.2, 0.25) is 0 Å². The van der Waals surface area contributed by atoms with Gasteiger partial charge in [-0.15, -0.1) is 0 Å². The maximum absolute atomic E-state index is 12.4. The Hall–Kier alpha value is -0.720. The Balaban J connectivity index is 2.19. The summed E-state index contributed by atoms with van der Waals surface area (Å²) in [5.74, 6) is 0.572. The van der Waals surface area contributed by atoms with Gasteiger partial charge in [0.25, 0.3) is 5.56 Å². The Bertz CT molecular complexity index is 515. The fraction of sp³-hybridized carbons (Fsp3) is 0.692. The molecule has 0 spiro atoms. The van der Waals surface area contributed by atoms with Gasteiger partial charge in [-0.3, -0.25) is 4.79 Å². The van der Waals surface area contributed by atoms with Crippen LogP contribution in [-0.4, -0.2) is 39.0 Å². The lowest BCUT2D eigenvalue weighted by molar-refractivity contribution is 0.288. The average molecular weight is 318 g/mol. The van der Waals surface area contributed by atoms with E-state index < -0.39 is 0 Å². The van der Waals surface area contributed by atoms with Crippen molar-refractivity contribution in [3.05, 3.63) is 21.6 Å². The van der Waals surface area contributed by atoms with Crippen LogP contribution in [0.2, 0.25) is 5.02 Å². The minimum atomic E-state index is -0.186. The van der Waals surface area contributed by atoms with Gasteiger partial charge in [-0.2, -0.15) is 16.9 Å². The van der Waals surface area contributed by atoms with E-state index in [1.165, 1.54) is 10.9 Å². The lowest BCUT2D eigenvalue weighted by Crippen LogP contribution is -2.35. The zero-order valence-corrected chi connectivity index (χ0v) is 13.2. The standard InChI is InChI=1S/C13H20ClN3O2S/c1-8(11(7-18)20-2)16-12-10(14)5-15-17(13(12)19)6-9-3-4-9/h5,8-9,11,16,18H,3-4,6-7H2,1-2H3. The first kappa shape index (κ1) is 15.7. The molecule has 1 fully saturated rings. The summed E-state index contributed by atoms with van der Waals surface area (Å²) >= 11 is 7.63. The van der Waals surface area contributed by atoms with E-state index in [4.69, 9.17) is 11.6 Å². The molecule has 5 nitrogen and oxygen atoms in total. The van der Waals surface area contributed by atoms with Gasteiger partial charge in [-0.25, -0.2) is 4.68 Å². The summed E-state index contributed by atoms with van der Waals surface area (Å²) in [6.45, 7) is 2.64. The average Bonchev–Trinajstić information content (AvgIpc) is 3.23. The molecule has 0 bridgehead atoms. The summed E-state index contributed by atoms with van der Waals surface area (Å²) in [6, 6.07) is -0.0584. The fourth-order valence-electron chi connectivity index (χ4n) is 2.03. The van der Waals surface area contributed by atoms with Crippen molar-refractivity contribution in [2.24, 2.45) is 5.92 Å². The van der Waals surface area contributed by atoms with Crippen molar-refractivity contribution in [3.8, 4) is 0 Å². The molecule has 1 saturated carbocycles. The van der Waals surface area contributed by atoms with E-state index in [2.05, 4.69) is 10.4 Å². The number of hydrogen-bond acceptors (Lipinski definition) is 5. The van der Waals surface area contributed by atoms with Crippen LogP contribution in [0.25, 0.3) is 0 Å². The second kappa shape index (κ2) is 6.83. The maximum atomic E-state index is 12.4. The van der Waals surface area contributed by atoms with Gasteiger partial charge in [-0.05, 0) is 31.9 Å². The largest absolute Gasteiger partial charge is 0.395 e. The number of aliphatic hydroxyl groups is 1. The van der Waals surface area contributed by atoms with Crippen LogP contribution in [0.15, 0.2) is 11.0 Å². The van der Waals surface area contributed by atoms with Crippen LogP contribution in [0.5, 0.6) is 0 Å². The molecule has 1 aliphatic carbocycles. The van der Waals surface area contributed by atoms with Gasteiger partial charge in [0.1, 0.15) is 5.69 Å². The molecule has 0 saturated heterocycles. The molecular formula is C13H20ClN3O2S. The summed E-state index contributed by atoms with van der Waals surface area (Å²) < 4.78 is 1.48. The lowest BCUT2D eigenvalue weighted by atomic mass is 10.2. The molecule has 0 amide bonds. The topological polar surface area (TPSA) is 67.2 Å². The number of thioether (sulfide) groups is 1. The predicted molar refractivity (Wildman–Crippen MR) is 83.7 cm³/mol. The van der Waals surface area contributed by atoms with Crippen molar-refractivity contribution in [3.63, 3.8) is 0 Å². The summed E-state index contributed by atoms with van der Waals surface area (Å²) in [5, 5.41) is 16.9. The number of aromatic nitrogens is 2. The maximum Gasteiger partial charge on any atom is 0.291 e. The van der Waals surface area contributed by atoms with Crippen LogP contribution < -0.4 is 10.9 Å². The molecule has 1 heterocycles. The zero-order valence-electron chi connectivity index (χ0n) is 11.7. The molecule has 2 rings (SSSR count). The van der Waals surface area contributed by atoms with E-state index >= 15 is 0 Å². The predicted octanol–water partition coefficient (Wildman–Crippen LogP) is 1.83. The number of aliphatic hydroxyl groups excluding tert-OH is 1. The van der Waals surface area contributed by atoms with Crippen molar-refractivity contribution < 1.29 is 5.11 Å². The lowest BCUT2D eigenvalue weighted by Gasteiger charge is -2.22. The van der Waals surface area contributed by atoms with Crippen LogP contribution in [0.4, 0.5) is 5.69 Å². The molecule has 1 aromatic heterocycles. The molecule has 20 heavy (non-hydrogen) atoms. The molecule has 0 aromatic carbocycles. The molecule has 2 atom stereocenters. The van der Waals surface area contributed by atoms with Crippen molar-refractivity contribution >= 4 is 29.1 Å². The van der Waals surface area contributed by atoms with E-state index in [1.54, 1.807) is 11.8 Å². The van der Waals surface area contributed by atoms with Crippen molar-refractivity contribution in [1.82, 2.24) is 9.78 Å². The van der Waals surface area contributed by atoms with Crippen LogP contribution in [0.3, 0.4) is 0 Å². The molecule has 2 unspecified atom stereocenters. The molecule has 1 aromatic rings. The Labute approximate surface area is 127 Å². The summed E-state index contributed by atoms with van der Waals surface area (Å²) in [5.41, 5.74) is 0.191. The summed E-state index contributed by atoms with van der Waals surface area (Å²) in [6.07, 6.45) is 5.76. The van der Waals surface area contributed by atoms with Crippen LogP contribution in [0, 0.1) is 5.92 Å². The third kappa shape index (κ3) is 3.68. The molecule has 2 N–H and O–H groups in total. The van der Waals surface area contributed by atoms with Gasteiger partial charge in [0, 0.05) is 17.8 Å². The zero-order chi connectivity index (χ0) is 14.7. The van der Waals surface area contributed by atoms with Gasteiger partial charge >= 0.3 is 0 Å². The van der Waals surface area contributed by atoms with Crippen molar-refractivity contribution in [2.45, 2.75) is 37.6 Å². The highest BCUT2D eigenvalue weighted by molar-refractivity contribution is 7.99. The van der Waals surface area contributed by atoms with E-state index in [0.29, 0.717) is 23.2 Å². The van der Waals surface area contributed by atoms with Gasteiger partial charge in [0.05, 0.1) is 17.8 Å². The third-order valence-corrected chi connectivity index (χ3v) is 4.99. The molecular weight excluding hydrogens is 298 g/mol. The number of nitrogens with one attached hydrogen (secondary N) is 1. The van der Waals surface area contributed by atoms with Crippen LogP contribution in [-0.2, 0) is 6.54 Å². The van der Waals surface area contributed by atoms with Gasteiger partial charge in [-0.1, -0.05) is 11.6 Å². The van der Waals surface area contributed by atoms with Crippen molar-refractivity contribution in [1.29, 1.82) is 0 Å². The quantitative estimate of drug-likeness (QED) is 0.803. The molecule has 0 radical (unpaired) electrons. The third-order valence-electron chi connectivity index (χ3n) is 3.54. The first-order valence-electron chi connectivity index (χ1n) is 6.72. The van der Waals surface area contributed by atoms with Crippen LogP contribution in [0.1, 0.15) is 19.8 Å². The first-order chi connectivity index (χ1) is 9.56. The molecule has 7 heteroatoms. The number of halogens is 1. The first-order valence-corrected chi connectivity index (χ1v) is 8.39. The fourth-order valence-corrected chi connectivity index (χ4v) is 2.84. The molecule has 112 valence electrons. The number of hydrogen-bond donors (Lipinski definition) is 2. The normalized spacial score (nSPS) is 17.8. The van der Waals surface area contributed by atoms with Gasteiger partial charge in [0.15, 0.2) is 0 Å². The summed E-state index contributed by atoms with van der Waals surface area (Å²) in [7, 11) is 0. The number of anilines is 1. The molecule has 0 aliphatic heterocycles. The number of nitrogens with zero attached hydrogens (tertiary/aromatic N) is 2. The summed E-state index contributed by atoms with van der Waals surface area (Å²) in [4.78, 5) is 12.4. The highest BCUT2D eigenvalue weighted by Gasteiger charge is 2.24. The Morgan fingerprint density at radius 1 is 1.65 bits per heavy atom. The Morgan fingerprint density at radius 3 is 2.90 bits per heavy atom. The minimum Gasteiger partial charge on any atom is -0.395 e. The molecule has 1 aliphatic rings. The highest BCUT2D eigenvalue weighted by atomic mass is 35.5.